The number of benzene rings is 2. The van der Waals surface area contributed by atoms with Crippen LogP contribution < -0.4 is 10.6 Å². The molecule has 0 aliphatic carbocycles. The highest BCUT2D eigenvalue weighted by atomic mass is 19.2. The largest absolute Gasteiger partial charge is 0.369 e. The van der Waals surface area contributed by atoms with Crippen LogP contribution in [-0.4, -0.2) is 13.1 Å². The third kappa shape index (κ3) is 2.90. The molecule has 2 nitrogen and oxygen atoms in total. The molecule has 3 rings (SSSR count). The van der Waals surface area contributed by atoms with E-state index in [0.717, 1.165) is 25.5 Å². The third-order valence-corrected chi connectivity index (χ3v) is 4.00. The molecule has 1 atom stereocenters. The monoisotopic (exact) mass is 288 g/mol. The van der Waals surface area contributed by atoms with Crippen molar-refractivity contribution in [3.63, 3.8) is 0 Å². The van der Waals surface area contributed by atoms with Gasteiger partial charge in [-0.3, -0.25) is 0 Å². The van der Waals surface area contributed by atoms with Crippen molar-refractivity contribution in [1.29, 1.82) is 0 Å². The summed E-state index contributed by atoms with van der Waals surface area (Å²) < 4.78 is 26.3. The second kappa shape index (κ2) is 5.82. The molecule has 0 saturated heterocycles. The van der Waals surface area contributed by atoms with Crippen molar-refractivity contribution in [2.24, 2.45) is 5.73 Å². The number of aryl methyl sites for hydroxylation is 1. The maximum Gasteiger partial charge on any atom is 0.159 e. The molecular formula is C17H18F2N2. The van der Waals surface area contributed by atoms with Gasteiger partial charge in [-0.05, 0) is 42.2 Å². The second-order valence-corrected chi connectivity index (χ2v) is 5.46. The third-order valence-electron chi connectivity index (χ3n) is 4.00. The molecule has 1 heterocycles. The second-order valence-electron chi connectivity index (χ2n) is 5.46. The first kappa shape index (κ1) is 14.0. The molecule has 4 heteroatoms. The van der Waals surface area contributed by atoms with Gasteiger partial charge in [0.2, 0.25) is 0 Å². The molecule has 1 unspecified atom stereocenters. The van der Waals surface area contributed by atoms with Crippen molar-refractivity contribution in [2.45, 2.75) is 18.9 Å². The zero-order valence-electron chi connectivity index (χ0n) is 11.7. The molecule has 0 spiro atoms. The van der Waals surface area contributed by atoms with E-state index in [1.165, 1.54) is 17.3 Å². The Bertz CT molecular complexity index is 642. The zero-order chi connectivity index (χ0) is 14.8. The molecule has 110 valence electrons. The Labute approximate surface area is 123 Å². The van der Waals surface area contributed by atoms with Crippen LogP contribution in [-0.2, 0) is 6.42 Å². The lowest BCUT2D eigenvalue weighted by Gasteiger charge is -2.33. The Morgan fingerprint density at radius 1 is 1.10 bits per heavy atom. The summed E-state index contributed by atoms with van der Waals surface area (Å²) in [5, 5.41) is 0. The predicted molar refractivity (Wildman–Crippen MR) is 80.3 cm³/mol. The minimum atomic E-state index is -0.845. The Kier molecular flexibility index (Phi) is 3.88. The number of nitrogens with two attached hydrogens (primary N) is 1. The average Bonchev–Trinajstić information content (AvgIpc) is 2.50. The van der Waals surface area contributed by atoms with Crippen LogP contribution in [0.1, 0.15) is 23.6 Å². The van der Waals surface area contributed by atoms with E-state index < -0.39 is 11.6 Å². The Morgan fingerprint density at radius 3 is 2.71 bits per heavy atom. The average molecular weight is 288 g/mol. The minimum Gasteiger partial charge on any atom is -0.369 e. The first-order valence-electron chi connectivity index (χ1n) is 7.18. The van der Waals surface area contributed by atoms with E-state index in [9.17, 15) is 8.78 Å². The van der Waals surface area contributed by atoms with Gasteiger partial charge >= 0.3 is 0 Å². The summed E-state index contributed by atoms with van der Waals surface area (Å²) in [5.41, 5.74) is 9.31. The highest BCUT2D eigenvalue weighted by Gasteiger charge is 2.19. The SMILES string of the molecule is NC(CN1CCCc2ccccc21)c1ccc(F)c(F)c1. The molecule has 0 aromatic heterocycles. The van der Waals surface area contributed by atoms with Gasteiger partial charge in [0.25, 0.3) is 0 Å². The number of para-hydroxylation sites is 1. The fourth-order valence-electron chi connectivity index (χ4n) is 2.89. The number of nitrogens with zero attached hydrogens (tertiary/aromatic N) is 1. The van der Waals surface area contributed by atoms with Crippen LogP contribution in [0, 0.1) is 11.6 Å². The molecule has 2 aromatic carbocycles. The van der Waals surface area contributed by atoms with Gasteiger partial charge in [-0.2, -0.15) is 0 Å². The van der Waals surface area contributed by atoms with Gasteiger partial charge in [-0.15, -0.1) is 0 Å². The predicted octanol–water partition coefficient (Wildman–Crippen LogP) is 3.42. The van der Waals surface area contributed by atoms with Gasteiger partial charge in [0.15, 0.2) is 11.6 Å². The van der Waals surface area contributed by atoms with Gasteiger partial charge in [0.1, 0.15) is 0 Å². The zero-order valence-corrected chi connectivity index (χ0v) is 11.7. The molecule has 1 aliphatic rings. The van der Waals surface area contributed by atoms with E-state index >= 15 is 0 Å². The maximum atomic E-state index is 13.3. The number of hydrogen-bond acceptors (Lipinski definition) is 2. The fraction of sp³-hybridized carbons (Fsp3) is 0.294. The molecule has 0 fully saturated rings. The lowest BCUT2D eigenvalue weighted by molar-refractivity contribution is 0.504. The van der Waals surface area contributed by atoms with Crippen molar-refractivity contribution in [2.75, 3.05) is 18.0 Å². The van der Waals surface area contributed by atoms with Crippen molar-refractivity contribution in [3.05, 3.63) is 65.2 Å². The normalized spacial score (nSPS) is 15.7. The lowest BCUT2D eigenvalue weighted by atomic mass is 10.00. The summed E-state index contributed by atoms with van der Waals surface area (Å²) in [6, 6.07) is 11.8. The van der Waals surface area contributed by atoms with Crippen LogP contribution >= 0.6 is 0 Å². The molecule has 0 bridgehead atoms. The van der Waals surface area contributed by atoms with Gasteiger partial charge in [0, 0.05) is 24.8 Å². The summed E-state index contributed by atoms with van der Waals surface area (Å²) in [6.45, 7) is 1.54. The van der Waals surface area contributed by atoms with Crippen LogP contribution in [0.15, 0.2) is 42.5 Å². The molecule has 2 N–H and O–H groups in total. The number of halogens is 2. The van der Waals surface area contributed by atoms with Gasteiger partial charge in [0.05, 0.1) is 0 Å². The van der Waals surface area contributed by atoms with E-state index in [2.05, 4.69) is 17.0 Å². The first-order chi connectivity index (χ1) is 10.1. The quantitative estimate of drug-likeness (QED) is 0.937. The van der Waals surface area contributed by atoms with Crippen molar-refractivity contribution in [1.82, 2.24) is 0 Å². The first-order valence-corrected chi connectivity index (χ1v) is 7.18. The minimum absolute atomic E-state index is 0.341. The summed E-state index contributed by atoms with van der Waals surface area (Å²) in [4.78, 5) is 2.23. The standard InChI is InChI=1S/C17H18F2N2/c18-14-8-7-13(10-15(14)19)16(20)11-21-9-3-5-12-4-1-2-6-17(12)21/h1-2,4,6-8,10,16H,3,5,9,11,20H2. The lowest BCUT2D eigenvalue weighted by Crippen LogP contribution is -2.36. The van der Waals surface area contributed by atoms with Crippen LogP contribution in [0.25, 0.3) is 0 Å². The number of anilines is 1. The van der Waals surface area contributed by atoms with Crippen LogP contribution in [0.2, 0.25) is 0 Å². The molecule has 2 aromatic rings. The van der Waals surface area contributed by atoms with E-state index in [1.807, 2.05) is 12.1 Å². The molecule has 0 saturated carbocycles. The van der Waals surface area contributed by atoms with Crippen molar-refractivity contribution >= 4 is 5.69 Å². The summed E-state index contributed by atoms with van der Waals surface area (Å²) in [6.07, 6.45) is 2.16. The summed E-state index contributed by atoms with van der Waals surface area (Å²) in [5.74, 6) is -1.68. The highest BCUT2D eigenvalue weighted by Crippen LogP contribution is 2.28. The van der Waals surface area contributed by atoms with Gasteiger partial charge in [-0.25, -0.2) is 8.78 Å². The molecule has 0 radical (unpaired) electrons. The fourth-order valence-corrected chi connectivity index (χ4v) is 2.89. The Hall–Kier alpha value is -1.94. The Morgan fingerprint density at radius 2 is 1.90 bits per heavy atom. The van der Waals surface area contributed by atoms with E-state index in [-0.39, 0.29) is 6.04 Å². The van der Waals surface area contributed by atoms with Crippen LogP contribution in [0.4, 0.5) is 14.5 Å². The van der Waals surface area contributed by atoms with Gasteiger partial charge < -0.3 is 10.6 Å². The van der Waals surface area contributed by atoms with Crippen molar-refractivity contribution < 1.29 is 8.78 Å². The molecular weight excluding hydrogens is 270 g/mol. The van der Waals surface area contributed by atoms with E-state index in [4.69, 9.17) is 5.73 Å². The molecule has 1 aliphatic heterocycles. The Balaban J connectivity index is 1.79. The maximum absolute atomic E-state index is 13.3. The van der Waals surface area contributed by atoms with Crippen LogP contribution in [0.3, 0.4) is 0 Å². The van der Waals surface area contributed by atoms with Crippen molar-refractivity contribution in [3.8, 4) is 0 Å². The number of hydrogen-bond donors (Lipinski definition) is 1. The molecule has 0 amide bonds. The van der Waals surface area contributed by atoms with Crippen LogP contribution in [0.5, 0.6) is 0 Å². The number of fused-ring (bicyclic) bond motifs is 1. The number of rotatable bonds is 3. The topological polar surface area (TPSA) is 29.3 Å². The summed E-state index contributed by atoms with van der Waals surface area (Å²) >= 11 is 0. The molecule has 21 heavy (non-hydrogen) atoms. The highest BCUT2D eigenvalue weighted by molar-refractivity contribution is 5.55. The van der Waals surface area contributed by atoms with E-state index in [0.29, 0.717) is 12.1 Å². The summed E-state index contributed by atoms with van der Waals surface area (Å²) in [7, 11) is 0. The van der Waals surface area contributed by atoms with E-state index in [1.54, 1.807) is 6.07 Å². The smallest absolute Gasteiger partial charge is 0.159 e. The van der Waals surface area contributed by atoms with Gasteiger partial charge in [-0.1, -0.05) is 24.3 Å².